The largest absolute Gasteiger partial charge is 0.417 e. The number of hydrogen-bond acceptors (Lipinski definition) is 4. The highest BCUT2D eigenvalue weighted by Crippen LogP contribution is 2.53. The second-order valence-corrected chi connectivity index (χ2v) is 12.6. The van der Waals surface area contributed by atoms with Crippen LogP contribution in [0.2, 0.25) is 0 Å². The summed E-state index contributed by atoms with van der Waals surface area (Å²) in [6.45, 7) is 3.87. The van der Waals surface area contributed by atoms with E-state index in [2.05, 4.69) is 0 Å². The average Bonchev–Trinajstić information content (AvgIpc) is 2.85. The second kappa shape index (κ2) is 9.07. The van der Waals surface area contributed by atoms with Crippen molar-refractivity contribution in [3.63, 3.8) is 0 Å². The number of nitrogens with two attached hydrogens (primary N) is 1. The number of rotatable bonds is 6. The van der Waals surface area contributed by atoms with Gasteiger partial charge in [-0.2, -0.15) is 13.2 Å². The zero-order chi connectivity index (χ0) is 27.6. The zero-order valence-corrected chi connectivity index (χ0v) is 22.0. The van der Waals surface area contributed by atoms with Crippen LogP contribution < -0.4 is 10.6 Å². The maximum atomic E-state index is 13.7. The van der Waals surface area contributed by atoms with Gasteiger partial charge in [-0.25, -0.2) is 0 Å². The normalized spacial score (nSPS) is 31.1. The number of benzene rings is 2. The summed E-state index contributed by atoms with van der Waals surface area (Å²) in [5, 5.41) is 20.3. The Kier molecular flexibility index (Phi) is 6.48. The van der Waals surface area contributed by atoms with E-state index in [0.717, 1.165) is 55.2 Å². The zero-order valence-electron chi connectivity index (χ0n) is 22.0. The van der Waals surface area contributed by atoms with Crippen molar-refractivity contribution in [1.29, 1.82) is 0 Å². The van der Waals surface area contributed by atoms with Crippen molar-refractivity contribution in [2.75, 3.05) is 11.4 Å². The van der Waals surface area contributed by atoms with Crippen LogP contribution in [0.4, 0.5) is 18.9 Å². The molecule has 4 N–H and O–H groups in total. The van der Waals surface area contributed by atoms with Crippen LogP contribution in [0, 0.1) is 11.3 Å². The van der Waals surface area contributed by atoms with Crippen LogP contribution in [-0.2, 0) is 10.4 Å². The summed E-state index contributed by atoms with van der Waals surface area (Å²) >= 11 is 0. The lowest BCUT2D eigenvalue weighted by Crippen LogP contribution is -2.60. The number of nitrogens with zero attached hydrogens (tertiary/aromatic N) is 1. The lowest BCUT2D eigenvalue weighted by molar-refractivity contribution is -0.295. The monoisotopic (exact) mass is 530 g/mol. The third kappa shape index (κ3) is 4.98. The van der Waals surface area contributed by atoms with Gasteiger partial charge in [0.05, 0.1) is 5.60 Å². The highest BCUT2D eigenvalue weighted by Gasteiger charge is 2.63. The maximum absolute atomic E-state index is 13.7. The van der Waals surface area contributed by atoms with Crippen LogP contribution in [0.3, 0.4) is 0 Å². The third-order valence-corrected chi connectivity index (χ3v) is 9.35. The van der Waals surface area contributed by atoms with Crippen LogP contribution in [0.5, 0.6) is 0 Å². The lowest BCUT2D eigenvalue weighted by atomic mass is 9.57. The minimum Gasteiger partial charge on any atom is -0.386 e. The molecule has 2 aromatic rings. The number of carbonyl (C=O) groups excluding carboxylic acids is 1. The standard InChI is InChI=1S/C30H37F3N2O3/c1-26(2,37)23-8-6-20(7-9-23)21-4-3-5-24(16-21)35(19-27-10-13-28(34,14-11-27)15-12-27)25(36)22-17-29(38,18-22)30(31,32)33/h3-9,16,22,37-38H,10-15,17-19,34H2,1-2H3/t22-,27?,28?,29+. The predicted octanol–water partition coefficient (Wildman–Crippen LogP) is 5.67. The van der Waals surface area contributed by atoms with Gasteiger partial charge in [-0.05, 0) is 99.5 Å². The Balaban J connectivity index is 1.44. The number of carbonyl (C=O) groups is 1. The molecule has 1 amide bonds. The van der Waals surface area contributed by atoms with E-state index in [1.165, 1.54) is 0 Å². The number of anilines is 1. The number of hydrogen-bond donors (Lipinski definition) is 3. The number of fused-ring (bicyclic) bond motifs is 3. The van der Waals surface area contributed by atoms with Crippen molar-refractivity contribution in [1.82, 2.24) is 0 Å². The predicted molar refractivity (Wildman–Crippen MR) is 140 cm³/mol. The van der Waals surface area contributed by atoms with E-state index < -0.39 is 36.1 Å². The Morgan fingerprint density at radius 1 is 0.974 bits per heavy atom. The van der Waals surface area contributed by atoms with Crippen molar-refractivity contribution in [2.24, 2.45) is 17.1 Å². The Hall–Kier alpha value is -2.42. The molecule has 0 unspecified atom stereocenters. The average molecular weight is 531 g/mol. The van der Waals surface area contributed by atoms with Crippen molar-refractivity contribution < 1.29 is 28.2 Å². The topological polar surface area (TPSA) is 86.8 Å². The summed E-state index contributed by atoms with van der Waals surface area (Å²) in [7, 11) is 0. The van der Waals surface area contributed by atoms with E-state index in [1.807, 2.05) is 48.5 Å². The second-order valence-electron chi connectivity index (χ2n) is 12.6. The van der Waals surface area contributed by atoms with E-state index >= 15 is 0 Å². The summed E-state index contributed by atoms with van der Waals surface area (Å²) in [5.74, 6) is -1.24. The molecule has 5 nitrogen and oxygen atoms in total. The van der Waals surface area contributed by atoms with Gasteiger partial charge in [0, 0.05) is 23.7 Å². The highest BCUT2D eigenvalue weighted by atomic mass is 19.4. The lowest BCUT2D eigenvalue weighted by Gasteiger charge is -2.54. The molecule has 0 aromatic heterocycles. The molecule has 0 aliphatic heterocycles. The van der Waals surface area contributed by atoms with Gasteiger partial charge in [-0.1, -0.05) is 36.4 Å². The van der Waals surface area contributed by atoms with Crippen LogP contribution in [0.25, 0.3) is 11.1 Å². The Morgan fingerprint density at radius 3 is 2.08 bits per heavy atom. The first-order valence-corrected chi connectivity index (χ1v) is 13.5. The fourth-order valence-electron chi connectivity index (χ4n) is 6.47. The van der Waals surface area contributed by atoms with Gasteiger partial charge in [0.1, 0.15) is 0 Å². The molecule has 4 aliphatic rings. The van der Waals surface area contributed by atoms with Crippen molar-refractivity contribution >= 4 is 11.6 Å². The molecule has 0 heterocycles. The Morgan fingerprint density at radius 2 is 1.55 bits per heavy atom. The number of aliphatic hydroxyl groups is 2. The maximum Gasteiger partial charge on any atom is 0.417 e. The molecule has 4 saturated carbocycles. The molecular weight excluding hydrogens is 493 g/mol. The van der Waals surface area contributed by atoms with E-state index in [1.54, 1.807) is 18.7 Å². The summed E-state index contributed by atoms with van der Waals surface area (Å²) in [5.41, 5.74) is 5.69. The molecule has 8 heteroatoms. The van der Waals surface area contributed by atoms with Gasteiger partial charge >= 0.3 is 6.18 Å². The fourth-order valence-corrected chi connectivity index (χ4v) is 6.47. The number of halogens is 3. The summed E-state index contributed by atoms with van der Waals surface area (Å²) in [4.78, 5) is 15.4. The van der Waals surface area contributed by atoms with Crippen molar-refractivity contribution in [2.45, 2.75) is 88.1 Å². The SMILES string of the molecule is CC(C)(O)c1ccc(-c2cccc(N(CC34CCC(N)(CC3)CC4)C(=O)[C@H]3C[C@](O)(C(F)(F)F)C3)c2)cc1. The van der Waals surface area contributed by atoms with Gasteiger partial charge in [-0.3, -0.25) is 4.79 Å². The minimum atomic E-state index is -4.75. The summed E-state index contributed by atoms with van der Waals surface area (Å²) < 4.78 is 39.9. The molecule has 0 spiro atoms. The van der Waals surface area contributed by atoms with Gasteiger partial charge in [0.15, 0.2) is 5.60 Å². The van der Waals surface area contributed by atoms with Crippen LogP contribution in [0.15, 0.2) is 48.5 Å². The smallest absolute Gasteiger partial charge is 0.386 e. The van der Waals surface area contributed by atoms with Crippen LogP contribution >= 0.6 is 0 Å². The Labute approximate surface area is 221 Å². The van der Waals surface area contributed by atoms with Gasteiger partial charge in [0.2, 0.25) is 5.91 Å². The van der Waals surface area contributed by atoms with Crippen molar-refractivity contribution in [3.05, 3.63) is 54.1 Å². The molecule has 0 radical (unpaired) electrons. The molecule has 6 rings (SSSR count). The number of amides is 1. The third-order valence-electron chi connectivity index (χ3n) is 9.35. The van der Waals surface area contributed by atoms with E-state index in [9.17, 15) is 28.2 Å². The van der Waals surface area contributed by atoms with E-state index in [-0.39, 0.29) is 16.9 Å². The van der Waals surface area contributed by atoms with Gasteiger partial charge in [-0.15, -0.1) is 0 Å². The van der Waals surface area contributed by atoms with Crippen LogP contribution in [0.1, 0.15) is 70.8 Å². The highest BCUT2D eigenvalue weighted by molar-refractivity contribution is 5.96. The molecule has 0 atom stereocenters. The number of alkyl halides is 3. The molecule has 0 saturated heterocycles. The summed E-state index contributed by atoms with van der Waals surface area (Å²) in [6.07, 6.45) is -0.626. The molecule has 2 bridgehead atoms. The molecular formula is C30H37F3N2O3. The first kappa shape index (κ1) is 27.2. The molecule has 2 aromatic carbocycles. The van der Waals surface area contributed by atoms with Crippen LogP contribution in [-0.4, -0.2) is 40.0 Å². The molecule has 4 aliphatic carbocycles. The van der Waals surface area contributed by atoms with Gasteiger partial charge in [0.25, 0.3) is 0 Å². The quantitative estimate of drug-likeness (QED) is 0.449. The van der Waals surface area contributed by atoms with Gasteiger partial charge < -0.3 is 20.8 Å². The first-order chi connectivity index (χ1) is 17.6. The minimum absolute atomic E-state index is 0.106. The molecule has 4 fully saturated rings. The first-order valence-electron chi connectivity index (χ1n) is 13.5. The fraction of sp³-hybridized carbons (Fsp3) is 0.567. The van der Waals surface area contributed by atoms with Crippen molar-refractivity contribution in [3.8, 4) is 11.1 Å². The summed E-state index contributed by atoms with van der Waals surface area (Å²) in [6, 6.07) is 15.1. The molecule has 206 valence electrons. The molecule has 38 heavy (non-hydrogen) atoms. The van der Waals surface area contributed by atoms with E-state index in [0.29, 0.717) is 12.2 Å². The Bertz CT molecular complexity index is 1170. The van der Waals surface area contributed by atoms with E-state index in [4.69, 9.17) is 5.73 Å².